The molecule has 1 aliphatic heterocycles. The van der Waals surface area contributed by atoms with Crippen LogP contribution in [0.25, 0.3) is 11.5 Å². The molecule has 1 aliphatic rings. The average Bonchev–Trinajstić information content (AvgIpc) is 3.31. The van der Waals surface area contributed by atoms with E-state index in [9.17, 15) is 14.0 Å². The summed E-state index contributed by atoms with van der Waals surface area (Å²) in [6, 6.07) is 5.74. The maximum atomic E-state index is 13.6. The van der Waals surface area contributed by atoms with Crippen molar-refractivity contribution in [3.8, 4) is 17.3 Å². The van der Waals surface area contributed by atoms with Crippen LogP contribution in [0, 0.1) is 12.7 Å². The van der Waals surface area contributed by atoms with Crippen LogP contribution in [-0.4, -0.2) is 79.7 Å². The summed E-state index contributed by atoms with van der Waals surface area (Å²) in [5, 5.41) is 23.9. The van der Waals surface area contributed by atoms with Crippen molar-refractivity contribution in [1.82, 2.24) is 35.5 Å². The number of benzene rings is 1. The van der Waals surface area contributed by atoms with Crippen LogP contribution in [0.15, 0.2) is 24.3 Å². The molecule has 1 saturated heterocycles. The van der Waals surface area contributed by atoms with Crippen molar-refractivity contribution in [1.29, 1.82) is 0 Å². The van der Waals surface area contributed by atoms with Crippen LogP contribution in [0.5, 0.6) is 5.75 Å². The third-order valence-electron chi connectivity index (χ3n) is 5.03. The Morgan fingerprint density at radius 1 is 1.26 bits per heavy atom. The number of carboxylic acid groups (broad SMARTS) is 1. The lowest BCUT2D eigenvalue weighted by Crippen LogP contribution is -2.42. The minimum absolute atomic E-state index is 0.0736. The first-order valence-electron chi connectivity index (χ1n) is 10.5. The molecule has 1 fully saturated rings. The number of methoxy groups -OCH3 is 1. The number of carbonyl (C=O) groups is 2. The predicted molar refractivity (Wildman–Crippen MR) is 115 cm³/mol. The van der Waals surface area contributed by atoms with Gasteiger partial charge in [0.15, 0.2) is 17.7 Å². The van der Waals surface area contributed by atoms with E-state index in [1.165, 1.54) is 30.1 Å². The van der Waals surface area contributed by atoms with Crippen LogP contribution in [0.3, 0.4) is 0 Å². The Hall–Kier alpha value is -4.04. The summed E-state index contributed by atoms with van der Waals surface area (Å²) in [6.07, 6.45) is -1.43. The van der Waals surface area contributed by atoms with E-state index in [-0.39, 0.29) is 43.6 Å². The van der Waals surface area contributed by atoms with E-state index in [0.29, 0.717) is 17.1 Å². The molecular weight excluding hydrogens is 465 g/mol. The van der Waals surface area contributed by atoms with Gasteiger partial charge in [-0.1, -0.05) is 6.07 Å². The zero-order valence-corrected chi connectivity index (χ0v) is 18.8. The highest BCUT2D eigenvalue weighted by atomic mass is 19.1. The number of carbonyl (C=O) groups excluding carboxylic acids is 1. The number of aromatic nitrogens is 6. The number of rotatable bonds is 8. The van der Waals surface area contributed by atoms with Gasteiger partial charge in [0.2, 0.25) is 5.82 Å². The molecule has 2 N–H and O–H groups in total. The van der Waals surface area contributed by atoms with Gasteiger partial charge in [-0.15, -0.1) is 10.2 Å². The van der Waals surface area contributed by atoms with Gasteiger partial charge in [0.1, 0.15) is 23.3 Å². The number of nitrogens with zero attached hydrogens (tertiary/aromatic N) is 6. The highest BCUT2D eigenvalue weighted by Crippen LogP contribution is 2.18. The Morgan fingerprint density at radius 2 is 2.09 bits per heavy atom. The van der Waals surface area contributed by atoms with Gasteiger partial charge in [-0.05, 0) is 35.9 Å². The number of amides is 1. The smallest absolute Gasteiger partial charge is 0.335 e. The average molecular weight is 487 g/mol. The number of carboxylic acids is 1. The van der Waals surface area contributed by atoms with Crippen molar-refractivity contribution < 1.29 is 33.3 Å². The fraction of sp³-hybridized carbons (Fsp3) is 0.381. The quantitative estimate of drug-likeness (QED) is 0.451. The highest BCUT2D eigenvalue weighted by Gasteiger charge is 2.28. The van der Waals surface area contributed by atoms with Crippen molar-refractivity contribution in [2.24, 2.45) is 0 Å². The fourth-order valence-corrected chi connectivity index (χ4v) is 3.28. The van der Waals surface area contributed by atoms with Gasteiger partial charge in [0.25, 0.3) is 5.91 Å². The number of halogens is 1. The summed E-state index contributed by atoms with van der Waals surface area (Å²) in [5.41, 5.74) is 1.04. The monoisotopic (exact) mass is 487 g/mol. The molecule has 0 radical (unpaired) electrons. The van der Waals surface area contributed by atoms with E-state index < -0.39 is 29.9 Å². The first-order valence-corrected chi connectivity index (χ1v) is 10.5. The SMILES string of the molecule is COc1cc(CNC(=O)c2cc(-c3nnn(C[C@H]4CO[C@H](C(=O)O)CO4)n3)nc(C)n2)ccc1F. The summed E-state index contributed by atoms with van der Waals surface area (Å²) in [6.45, 7) is 1.95. The number of hydrogen-bond donors (Lipinski definition) is 2. The molecular formula is C21H22FN7O6. The van der Waals surface area contributed by atoms with Crippen molar-refractivity contribution in [3.05, 3.63) is 47.2 Å². The standard InChI is InChI=1S/C21H22FN7O6/c1-11-24-15(19-26-28-29(27-19)8-13-9-35-18(10-34-13)21(31)32)6-16(25-11)20(30)23-7-12-3-4-14(22)17(5-12)33-2/h3-6,13,18H,7-10H2,1-2H3,(H,23,30)(H,31,32)/t13-,18-/m0/s1. The number of aryl methyl sites for hydroxylation is 1. The largest absolute Gasteiger partial charge is 0.494 e. The van der Waals surface area contributed by atoms with Crippen molar-refractivity contribution in [3.63, 3.8) is 0 Å². The number of tetrazole rings is 1. The minimum atomic E-state index is -1.08. The normalized spacial score (nSPS) is 17.7. The first-order chi connectivity index (χ1) is 16.8. The van der Waals surface area contributed by atoms with Gasteiger partial charge in [-0.2, -0.15) is 4.80 Å². The Labute approximate surface area is 198 Å². The van der Waals surface area contributed by atoms with E-state index in [4.69, 9.17) is 19.3 Å². The van der Waals surface area contributed by atoms with Crippen LogP contribution in [-0.2, 0) is 27.4 Å². The van der Waals surface area contributed by atoms with Crippen LogP contribution < -0.4 is 10.1 Å². The second kappa shape index (κ2) is 10.5. The molecule has 4 rings (SSSR count). The number of hydrogen-bond acceptors (Lipinski definition) is 10. The third kappa shape index (κ3) is 5.91. The summed E-state index contributed by atoms with van der Waals surface area (Å²) in [7, 11) is 1.36. The van der Waals surface area contributed by atoms with Crippen LogP contribution >= 0.6 is 0 Å². The summed E-state index contributed by atoms with van der Waals surface area (Å²) >= 11 is 0. The fourth-order valence-electron chi connectivity index (χ4n) is 3.28. The molecule has 2 aromatic heterocycles. The lowest BCUT2D eigenvalue weighted by atomic mass is 10.2. The van der Waals surface area contributed by atoms with Crippen LogP contribution in [0.4, 0.5) is 4.39 Å². The van der Waals surface area contributed by atoms with Gasteiger partial charge in [0, 0.05) is 6.54 Å². The van der Waals surface area contributed by atoms with Gasteiger partial charge in [-0.25, -0.2) is 19.2 Å². The number of nitrogens with one attached hydrogen (secondary N) is 1. The van der Waals surface area contributed by atoms with E-state index in [1.807, 2.05) is 0 Å². The molecule has 14 heteroatoms. The topological polar surface area (TPSA) is 163 Å². The molecule has 0 spiro atoms. The van der Waals surface area contributed by atoms with E-state index >= 15 is 0 Å². The van der Waals surface area contributed by atoms with E-state index in [2.05, 4.69) is 30.7 Å². The molecule has 35 heavy (non-hydrogen) atoms. The molecule has 2 atom stereocenters. The number of ether oxygens (including phenoxy) is 3. The van der Waals surface area contributed by atoms with E-state index in [0.717, 1.165) is 0 Å². The Bertz CT molecular complexity index is 1230. The molecule has 1 amide bonds. The zero-order chi connectivity index (χ0) is 24.9. The van der Waals surface area contributed by atoms with Gasteiger partial charge < -0.3 is 24.6 Å². The van der Waals surface area contributed by atoms with Crippen LogP contribution in [0.2, 0.25) is 0 Å². The van der Waals surface area contributed by atoms with Crippen molar-refractivity contribution in [2.45, 2.75) is 32.2 Å². The minimum Gasteiger partial charge on any atom is -0.494 e. The molecule has 0 aliphatic carbocycles. The molecule has 3 heterocycles. The van der Waals surface area contributed by atoms with Crippen molar-refractivity contribution in [2.75, 3.05) is 20.3 Å². The Kier molecular flexibility index (Phi) is 7.22. The van der Waals surface area contributed by atoms with Crippen molar-refractivity contribution >= 4 is 11.9 Å². The Balaban J connectivity index is 1.40. The number of aliphatic carboxylic acids is 1. The summed E-state index contributed by atoms with van der Waals surface area (Å²) in [5.74, 6) is -1.46. The molecule has 0 bridgehead atoms. The second-order valence-corrected chi connectivity index (χ2v) is 7.62. The van der Waals surface area contributed by atoms with Gasteiger partial charge >= 0.3 is 5.97 Å². The van der Waals surface area contributed by atoms with E-state index in [1.54, 1.807) is 13.0 Å². The zero-order valence-electron chi connectivity index (χ0n) is 18.8. The molecule has 1 aromatic carbocycles. The van der Waals surface area contributed by atoms with Gasteiger partial charge in [-0.3, -0.25) is 4.79 Å². The lowest BCUT2D eigenvalue weighted by molar-refractivity contribution is -0.177. The third-order valence-corrected chi connectivity index (χ3v) is 5.03. The highest BCUT2D eigenvalue weighted by molar-refractivity contribution is 5.93. The molecule has 0 saturated carbocycles. The Morgan fingerprint density at radius 3 is 2.80 bits per heavy atom. The lowest BCUT2D eigenvalue weighted by Gasteiger charge is -2.26. The molecule has 184 valence electrons. The predicted octanol–water partition coefficient (Wildman–Crippen LogP) is 0.385. The first kappa shape index (κ1) is 24.1. The van der Waals surface area contributed by atoms with Gasteiger partial charge in [0.05, 0.1) is 26.9 Å². The molecule has 0 unspecified atom stereocenters. The molecule has 3 aromatic rings. The maximum Gasteiger partial charge on any atom is 0.335 e. The maximum absolute atomic E-state index is 13.6. The molecule has 13 nitrogen and oxygen atoms in total. The summed E-state index contributed by atoms with van der Waals surface area (Å²) < 4.78 is 29.3. The van der Waals surface area contributed by atoms with Crippen LogP contribution in [0.1, 0.15) is 21.9 Å². The second-order valence-electron chi connectivity index (χ2n) is 7.62. The summed E-state index contributed by atoms with van der Waals surface area (Å²) in [4.78, 5) is 33.3.